The summed E-state index contributed by atoms with van der Waals surface area (Å²) in [6.45, 7) is 5.48. The quantitative estimate of drug-likeness (QED) is 0.865. The Kier molecular flexibility index (Phi) is 5.63. The molecule has 0 unspecified atom stereocenters. The number of hydrogen-bond donors (Lipinski definition) is 1. The highest BCUT2D eigenvalue weighted by Gasteiger charge is 2.25. The summed E-state index contributed by atoms with van der Waals surface area (Å²) in [4.78, 5) is 25.2. The van der Waals surface area contributed by atoms with Gasteiger partial charge in [-0.1, -0.05) is 31.5 Å². The summed E-state index contributed by atoms with van der Waals surface area (Å²) in [5.74, 6) is -0.360. The monoisotopic (exact) mass is 340 g/mol. The predicted octanol–water partition coefficient (Wildman–Crippen LogP) is 2.89. The highest BCUT2D eigenvalue weighted by Crippen LogP contribution is 2.29. The molecule has 0 atom stereocenters. The molecule has 23 heavy (non-hydrogen) atoms. The van der Waals surface area contributed by atoms with Crippen LogP contribution in [0.15, 0.2) is 18.2 Å². The normalized spacial score (nSPS) is 15.1. The van der Waals surface area contributed by atoms with Crippen LogP contribution in [-0.4, -0.2) is 36.3 Å². The summed E-state index contributed by atoms with van der Waals surface area (Å²) in [6, 6.07) is 4.29. The van der Waals surface area contributed by atoms with Crippen molar-refractivity contribution in [3.63, 3.8) is 0 Å². The number of benzene rings is 1. The standard InChI is InChI=1S/C17H22ClFN2O2/c1-17(2,13-6-5-12(19)10-14(13)18)11-20-15(22)7-9-21-8-3-4-16(21)23/h5-6,10H,3-4,7-9,11H2,1-2H3,(H,20,22). The zero-order valence-electron chi connectivity index (χ0n) is 13.5. The number of halogens is 2. The maximum Gasteiger partial charge on any atom is 0.222 e. The van der Waals surface area contributed by atoms with E-state index in [4.69, 9.17) is 11.6 Å². The first-order valence-corrected chi connectivity index (χ1v) is 8.17. The van der Waals surface area contributed by atoms with E-state index in [1.165, 1.54) is 12.1 Å². The lowest BCUT2D eigenvalue weighted by Crippen LogP contribution is -2.38. The first kappa shape index (κ1) is 17.7. The summed E-state index contributed by atoms with van der Waals surface area (Å²) in [7, 11) is 0. The van der Waals surface area contributed by atoms with Crippen molar-refractivity contribution in [1.82, 2.24) is 10.2 Å². The molecule has 1 fully saturated rings. The largest absolute Gasteiger partial charge is 0.355 e. The smallest absolute Gasteiger partial charge is 0.222 e. The maximum atomic E-state index is 13.1. The Hall–Kier alpha value is -1.62. The number of amides is 2. The average molecular weight is 341 g/mol. The van der Waals surface area contributed by atoms with Crippen molar-refractivity contribution in [2.75, 3.05) is 19.6 Å². The lowest BCUT2D eigenvalue weighted by atomic mass is 9.84. The molecule has 1 aliphatic heterocycles. The molecule has 0 aliphatic carbocycles. The van der Waals surface area contributed by atoms with Gasteiger partial charge in [0.2, 0.25) is 11.8 Å². The van der Waals surface area contributed by atoms with Gasteiger partial charge in [-0.3, -0.25) is 9.59 Å². The Labute approximate surface area is 141 Å². The van der Waals surface area contributed by atoms with Gasteiger partial charge in [-0.15, -0.1) is 0 Å². The van der Waals surface area contributed by atoms with Crippen molar-refractivity contribution in [1.29, 1.82) is 0 Å². The Morgan fingerprint density at radius 1 is 1.43 bits per heavy atom. The van der Waals surface area contributed by atoms with Gasteiger partial charge >= 0.3 is 0 Å². The lowest BCUT2D eigenvalue weighted by Gasteiger charge is -2.27. The van der Waals surface area contributed by atoms with Crippen molar-refractivity contribution in [3.8, 4) is 0 Å². The van der Waals surface area contributed by atoms with Crippen LogP contribution in [0.1, 0.15) is 38.7 Å². The summed E-state index contributed by atoms with van der Waals surface area (Å²) in [6.07, 6.45) is 1.74. The number of nitrogens with zero attached hydrogens (tertiary/aromatic N) is 1. The van der Waals surface area contributed by atoms with E-state index in [0.717, 1.165) is 18.5 Å². The predicted molar refractivity (Wildman–Crippen MR) is 87.9 cm³/mol. The van der Waals surface area contributed by atoms with Crippen LogP contribution in [0.4, 0.5) is 4.39 Å². The number of carbonyl (C=O) groups excluding carboxylic acids is 2. The molecule has 0 bridgehead atoms. The second-order valence-electron chi connectivity index (χ2n) is 6.52. The molecule has 2 amide bonds. The second-order valence-corrected chi connectivity index (χ2v) is 6.93. The number of likely N-dealkylation sites (tertiary alicyclic amines) is 1. The van der Waals surface area contributed by atoms with E-state index in [9.17, 15) is 14.0 Å². The van der Waals surface area contributed by atoms with E-state index in [1.54, 1.807) is 11.0 Å². The molecule has 1 aromatic rings. The van der Waals surface area contributed by atoms with Crippen molar-refractivity contribution in [2.45, 2.75) is 38.5 Å². The molecular weight excluding hydrogens is 319 g/mol. The van der Waals surface area contributed by atoms with Crippen LogP contribution in [0.25, 0.3) is 0 Å². The average Bonchev–Trinajstić information content (AvgIpc) is 2.88. The van der Waals surface area contributed by atoms with Gasteiger partial charge in [0.15, 0.2) is 0 Å². The molecule has 0 aromatic heterocycles. The van der Waals surface area contributed by atoms with Gasteiger partial charge in [0, 0.05) is 42.9 Å². The van der Waals surface area contributed by atoms with Crippen LogP contribution < -0.4 is 5.32 Å². The van der Waals surface area contributed by atoms with E-state index in [0.29, 0.717) is 31.0 Å². The molecule has 4 nitrogen and oxygen atoms in total. The molecule has 1 saturated heterocycles. The molecule has 2 rings (SSSR count). The van der Waals surface area contributed by atoms with Gasteiger partial charge in [-0.25, -0.2) is 4.39 Å². The maximum absolute atomic E-state index is 13.1. The fourth-order valence-electron chi connectivity index (χ4n) is 2.72. The number of carbonyl (C=O) groups is 2. The zero-order valence-corrected chi connectivity index (χ0v) is 14.3. The summed E-state index contributed by atoms with van der Waals surface area (Å²) in [5.41, 5.74) is 0.375. The van der Waals surface area contributed by atoms with Crippen molar-refractivity contribution < 1.29 is 14.0 Å². The van der Waals surface area contributed by atoms with Crippen molar-refractivity contribution in [2.24, 2.45) is 0 Å². The second kappa shape index (κ2) is 7.30. The number of nitrogens with one attached hydrogen (secondary N) is 1. The molecule has 126 valence electrons. The molecule has 1 aromatic carbocycles. The van der Waals surface area contributed by atoms with Crippen LogP contribution >= 0.6 is 11.6 Å². The first-order valence-electron chi connectivity index (χ1n) is 7.79. The van der Waals surface area contributed by atoms with Crippen LogP contribution in [0.2, 0.25) is 5.02 Å². The Bertz CT molecular complexity index is 604. The third kappa shape index (κ3) is 4.67. The van der Waals surface area contributed by atoms with Gasteiger partial charge in [0.05, 0.1) is 0 Å². The minimum absolute atomic E-state index is 0.101. The number of rotatable bonds is 6. The van der Waals surface area contributed by atoms with E-state index in [2.05, 4.69) is 5.32 Å². The van der Waals surface area contributed by atoms with E-state index in [-0.39, 0.29) is 17.6 Å². The van der Waals surface area contributed by atoms with Gasteiger partial charge in [-0.05, 0) is 24.1 Å². The summed E-state index contributed by atoms with van der Waals surface area (Å²) < 4.78 is 13.1. The SMILES string of the molecule is CC(C)(CNC(=O)CCN1CCCC1=O)c1ccc(F)cc1Cl. The van der Waals surface area contributed by atoms with Gasteiger partial charge < -0.3 is 10.2 Å². The fourth-order valence-corrected chi connectivity index (χ4v) is 3.14. The molecule has 1 heterocycles. The van der Waals surface area contributed by atoms with E-state index >= 15 is 0 Å². The highest BCUT2D eigenvalue weighted by molar-refractivity contribution is 6.31. The van der Waals surface area contributed by atoms with Crippen molar-refractivity contribution in [3.05, 3.63) is 34.6 Å². The third-order valence-corrected chi connectivity index (χ3v) is 4.48. The molecule has 0 radical (unpaired) electrons. The van der Waals surface area contributed by atoms with Crippen LogP contribution in [0.5, 0.6) is 0 Å². The van der Waals surface area contributed by atoms with Crippen molar-refractivity contribution >= 4 is 23.4 Å². The highest BCUT2D eigenvalue weighted by atomic mass is 35.5. The molecule has 0 spiro atoms. The van der Waals surface area contributed by atoms with Gasteiger partial charge in [-0.2, -0.15) is 0 Å². The minimum Gasteiger partial charge on any atom is -0.355 e. The molecule has 1 N–H and O–H groups in total. The summed E-state index contributed by atoms with van der Waals surface area (Å²) in [5, 5.41) is 3.23. The van der Waals surface area contributed by atoms with Crippen LogP contribution in [-0.2, 0) is 15.0 Å². The molecular formula is C17H22ClFN2O2. The van der Waals surface area contributed by atoms with Gasteiger partial charge in [0.25, 0.3) is 0 Å². The van der Waals surface area contributed by atoms with Gasteiger partial charge in [0.1, 0.15) is 5.82 Å². The molecule has 6 heteroatoms. The Balaban J connectivity index is 1.85. The van der Waals surface area contributed by atoms with E-state index < -0.39 is 5.41 Å². The number of hydrogen-bond acceptors (Lipinski definition) is 2. The third-order valence-electron chi connectivity index (χ3n) is 4.17. The Morgan fingerprint density at radius 2 is 2.17 bits per heavy atom. The zero-order chi connectivity index (χ0) is 17.0. The fraction of sp³-hybridized carbons (Fsp3) is 0.529. The summed E-state index contributed by atoms with van der Waals surface area (Å²) >= 11 is 6.10. The van der Waals surface area contributed by atoms with E-state index in [1.807, 2.05) is 13.8 Å². The van der Waals surface area contributed by atoms with Crippen LogP contribution in [0.3, 0.4) is 0 Å². The lowest BCUT2D eigenvalue weighted by molar-refractivity contribution is -0.128. The minimum atomic E-state index is -0.413. The Morgan fingerprint density at radius 3 is 2.78 bits per heavy atom. The first-order chi connectivity index (χ1) is 10.8. The molecule has 1 aliphatic rings. The molecule has 0 saturated carbocycles. The van der Waals surface area contributed by atoms with Crippen LogP contribution in [0, 0.1) is 5.82 Å². The topological polar surface area (TPSA) is 49.4 Å².